The van der Waals surface area contributed by atoms with E-state index in [0.717, 1.165) is 42.3 Å². The lowest BCUT2D eigenvalue weighted by molar-refractivity contribution is 0.217. The van der Waals surface area contributed by atoms with Gasteiger partial charge in [-0.2, -0.15) is 0 Å². The van der Waals surface area contributed by atoms with Gasteiger partial charge in [-0.1, -0.05) is 105 Å². The van der Waals surface area contributed by atoms with Crippen molar-refractivity contribution in [2.75, 3.05) is 6.54 Å². The van der Waals surface area contributed by atoms with Crippen LogP contribution in [0.1, 0.15) is 80.2 Å². The van der Waals surface area contributed by atoms with E-state index in [1.54, 1.807) is 12.1 Å². The number of benzene rings is 3. The lowest BCUT2D eigenvalue weighted by atomic mass is 9.92. The van der Waals surface area contributed by atoms with Crippen LogP contribution >= 0.6 is 0 Å². The highest BCUT2D eigenvalue weighted by atomic mass is 32.2. The van der Waals surface area contributed by atoms with Crippen molar-refractivity contribution in [2.24, 2.45) is 0 Å². The van der Waals surface area contributed by atoms with Crippen LogP contribution in [0.2, 0.25) is 0 Å². The fraction of sp³-hybridized carbons (Fsp3) is 0.371. The van der Waals surface area contributed by atoms with Gasteiger partial charge in [0.1, 0.15) is 0 Å². The zero-order chi connectivity index (χ0) is 28.0. The topological polar surface area (TPSA) is 42.3 Å². The van der Waals surface area contributed by atoms with Gasteiger partial charge < -0.3 is 0 Å². The van der Waals surface area contributed by atoms with Gasteiger partial charge in [-0.3, -0.25) is 4.90 Å². The third kappa shape index (κ3) is 6.19. The Morgan fingerprint density at radius 3 is 2.42 bits per heavy atom. The van der Waals surface area contributed by atoms with E-state index in [1.807, 2.05) is 49.5 Å². The van der Waals surface area contributed by atoms with Crippen LogP contribution in [-0.2, 0) is 23.0 Å². The van der Waals surface area contributed by atoms with Crippen molar-refractivity contribution in [3.63, 3.8) is 0 Å². The highest BCUT2D eigenvalue weighted by molar-refractivity contribution is 7.90. The molecule has 1 aliphatic rings. The van der Waals surface area contributed by atoms with E-state index in [-0.39, 0.29) is 6.04 Å². The maximum Gasteiger partial charge on any atom is 0.268 e. The summed E-state index contributed by atoms with van der Waals surface area (Å²) in [6.07, 6.45) is 11.3. The molecule has 0 bridgehead atoms. The van der Waals surface area contributed by atoms with Crippen molar-refractivity contribution in [1.82, 2.24) is 8.87 Å². The molecule has 0 spiro atoms. The van der Waals surface area contributed by atoms with E-state index in [4.69, 9.17) is 0 Å². The number of unbranched alkanes of at least 4 members (excludes halogenated alkanes) is 6. The molecule has 0 radical (unpaired) electrons. The maximum absolute atomic E-state index is 13.7. The van der Waals surface area contributed by atoms with E-state index >= 15 is 0 Å². The molecule has 2 heterocycles. The molecule has 1 aliphatic heterocycles. The maximum atomic E-state index is 13.7. The number of aromatic nitrogens is 1. The lowest BCUT2D eigenvalue weighted by Gasteiger charge is -2.34. The molecule has 0 N–H and O–H groups in total. The number of rotatable bonds is 10. The summed E-state index contributed by atoms with van der Waals surface area (Å²) in [4.78, 5) is 2.72. The Bertz CT molecular complexity index is 1610. The summed E-state index contributed by atoms with van der Waals surface area (Å²) in [7, 11) is -3.72. The normalized spacial score (nSPS) is 15.5. The summed E-state index contributed by atoms with van der Waals surface area (Å²) in [6, 6.07) is 23.5. The Morgan fingerprint density at radius 2 is 1.60 bits per heavy atom. The number of aryl methyl sites for hydroxylation is 1. The molecule has 0 saturated heterocycles. The molecule has 4 nitrogen and oxygen atoms in total. The van der Waals surface area contributed by atoms with Crippen molar-refractivity contribution in [2.45, 2.75) is 82.7 Å². The molecule has 0 aliphatic carbocycles. The minimum atomic E-state index is -3.72. The molecule has 0 saturated carbocycles. The minimum absolute atomic E-state index is 0.000796. The molecule has 5 heteroatoms. The molecular weight excluding hydrogens is 512 g/mol. The van der Waals surface area contributed by atoms with E-state index in [0.29, 0.717) is 17.0 Å². The van der Waals surface area contributed by atoms with Crippen LogP contribution in [-0.4, -0.2) is 23.8 Å². The smallest absolute Gasteiger partial charge is 0.268 e. The van der Waals surface area contributed by atoms with Gasteiger partial charge in [-0.15, -0.1) is 5.92 Å². The summed E-state index contributed by atoms with van der Waals surface area (Å²) >= 11 is 0. The van der Waals surface area contributed by atoms with Gasteiger partial charge in [0.05, 0.1) is 16.5 Å². The van der Waals surface area contributed by atoms with Crippen LogP contribution in [0.3, 0.4) is 0 Å². The lowest BCUT2D eigenvalue weighted by Crippen LogP contribution is -2.34. The summed E-state index contributed by atoms with van der Waals surface area (Å²) in [5, 5.41) is 0.968. The zero-order valence-corrected chi connectivity index (χ0v) is 24.6. The van der Waals surface area contributed by atoms with Gasteiger partial charge in [0.15, 0.2) is 0 Å². The number of fused-ring (bicyclic) bond motifs is 2. The second-order valence-corrected chi connectivity index (χ2v) is 12.8. The summed E-state index contributed by atoms with van der Waals surface area (Å²) in [5.74, 6) is 7.12. The molecule has 0 amide bonds. The Morgan fingerprint density at radius 1 is 0.875 bits per heavy atom. The quantitative estimate of drug-likeness (QED) is 0.148. The second kappa shape index (κ2) is 12.9. The third-order valence-electron chi connectivity index (χ3n) is 7.99. The zero-order valence-electron chi connectivity index (χ0n) is 23.8. The van der Waals surface area contributed by atoms with Gasteiger partial charge in [-0.25, -0.2) is 12.4 Å². The average molecular weight is 553 g/mol. The van der Waals surface area contributed by atoms with Crippen LogP contribution in [0.4, 0.5) is 0 Å². The van der Waals surface area contributed by atoms with Crippen molar-refractivity contribution in [3.8, 4) is 11.8 Å². The van der Waals surface area contributed by atoms with Crippen molar-refractivity contribution >= 4 is 20.9 Å². The van der Waals surface area contributed by atoms with E-state index in [1.165, 1.54) is 47.2 Å². The molecule has 0 unspecified atom stereocenters. The number of hydrogen-bond acceptors (Lipinski definition) is 3. The Kier molecular flexibility index (Phi) is 9.09. The van der Waals surface area contributed by atoms with Crippen LogP contribution in [0.15, 0.2) is 83.9 Å². The largest absolute Gasteiger partial charge is 0.281 e. The van der Waals surface area contributed by atoms with Crippen molar-refractivity contribution < 1.29 is 8.42 Å². The molecule has 1 atom stereocenters. The molecule has 0 fully saturated rings. The van der Waals surface area contributed by atoms with E-state index in [9.17, 15) is 8.42 Å². The second-order valence-electron chi connectivity index (χ2n) is 10.9. The SMILES string of the molecule is CCCCCCCCC#C[C@@H]1c2ccccc2CCN1Cc1cn(S(=O)(=O)c2ccc(C)cc2)c2ccccc12. The molecule has 208 valence electrons. The van der Waals surface area contributed by atoms with Crippen LogP contribution in [0, 0.1) is 18.8 Å². The molecular formula is C35H40N2O2S. The highest BCUT2D eigenvalue weighted by Crippen LogP contribution is 2.33. The molecule has 1 aromatic heterocycles. The molecule has 40 heavy (non-hydrogen) atoms. The van der Waals surface area contributed by atoms with Gasteiger partial charge in [0.25, 0.3) is 10.0 Å². The Balaban J connectivity index is 1.42. The van der Waals surface area contributed by atoms with Crippen LogP contribution < -0.4 is 0 Å². The van der Waals surface area contributed by atoms with Crippen LogP contribution in [0.25, 0.3) is 10.9 Å². The first-order chi connectivity index (χ1) is 19.5. The highest BCUT2D eigenvalue weighted by Gasteiger charge is 2.28. The van der Waals surface area contributed by atoms with Crippen molar-refractivity contribution in [3.05, 3.63) is 101 Å². The Labute approximate surface area is 240 Å². The minimum Gasteiger partial charge on any atom is -0.281 e. The number of nitrogens with zero attached hydrogens (tertiary/aromatic N) is 2. The standard InChI is InChI=1S/C35H40N2O2S/c1-3-4-5-6-7-8-9-10-18-34-32-16-12-11-15-29(32)24-25-36(34)26-30-27-37(35-19-14-13-17-33(30)35)40(38,39)31-22-20-28(2)21-23-31/h11-17,19-23,27,34H,3-9,24-26H2,1-2H3/t34-/m1/s1. The first-order valence-electron chi connectivity index (χ1n) is 14.7. The fourth-order valence-corrected chi connectivity index (χ4v) is 7.10. The van der Waals surface area contributed by atoms with Gasteiger partial charge in [0.2, 0.25) is 0 Å². The van der Waals surface area contributed by atoms with Crippen molar-refractivity contribution in [1.29, 1.82) is 0 Å². The van der Waals surface area contributed by atoms with E-state index < -0.39 is 10.0 Å². The predicted molar refractivity (Wildman–Crippen MR) is 165 cm³/mol. The number of para-hydroxylation sites is 1. The predicted octanol–water partition coefficient (Wildman–Crippen LogP) is 8.04. The summed E-state index contributed by atoms with van der Waals surface area (Å²) in [6.45, 7) is 5.74. The molecule has 4 aromatic rings. The molecule has 5 rings (SSSR count). The third-order valence-corrected chi connectivity index (χ3v) is 9.68. The van der Waals surface area contributed by atoms with Gasteiger partial charge >= 0.3 is 0 Å². The first kappa shape index (κ1) is 28.2. The monoisotopic (exact) mass is 552 g/mol. The average Bonchev–Trinajstić information content (AvgIpc) is 3.34. The van der Waals surface area contributed by atoms with Gasteiger partial charge in [0, 0.05) is 31.1 Å². The number of hydrogen-bond donors (Lipinski definition) is 0. The summed E-state index contributed by atoms with van der Waals surface area (Å²) < 4.78 is 28.9. The fourth-order valence-electron chi connectivity index (χ4n) is 5.71. The molecule has 3 aromatic carbocycles. The van der Waals surface area contributed by atoms with E-state index in [2.05, 4.69) is 47.9 Å². The van der Waals surface area contributed by atoms with Gasteiger partial charge in [-0.05, 0) is 54.7 Å². The summed E-state index contributed by atoms with van der Waals surface area (Å²) in [5.41, 5.74) is 5.39. The first-order valence-corrected chi connectivity index (χ1v) is 16.1. The van der Waals surface area contributed by atoms with Crippen LogP contribution in [0.5, 0.6) is 0 Å². The Hall–Kier alpha value is -3.33.